The molecular formula is C25H20N4O. The third kappa shape index (κ3) is 3.16. The number of nitrogens with zero attached hydrogens (tertiary/aromatic N) is 4. The Balaban J connectivity index is 1.61. The number of hydrogen-bond donors (Lipinski definition) is 1. The van der Waals surface area contributed by atoms with Gasteiger partial charge in [0.1, 0.15) is 5.75 Å². The van der Waals surface area contributed by atoms with Crippen molar-refractivity contribution >= 4 is 23.1 Å². The fourth-order valence-electron chi connectivity index (χ4n) is 3.66. The molecule has 0 atom stereocenters. The van der Waals surface area contributed by atoms with E-state index in [2.05, 4.69) is 22.9 Å². The lowest BCUT2D eigenvalue weighted by atomic mass is 10.1. The second-order valence-electron chi connectivity index (χ2n) is 7.10. The number of fused-ring (bicyclic) bond motifs is 1. The highest BCUT2D eigenvalue weighted by Gasteiger charge is 2.15. The molecule has 5 aromatic rings. The minimum atomic E-state index is 0.173. The molecule has 0 saturated carbocycles. The van der Waals surface area contributed by atoms with Gasteiger partial charge in [-0.3, -0.25) is 0 Å². The number of aromatic nitrogens is 4. The fraction of sp³-hybridized carbons (Fsp3) is 0.0400. The zero-order valence-electron chi connectivity index (χ0n) is 16.5. The maximum Gasteiger partial charge on any atom is 0.175 e. The summed E-state index contributed by atoms with van der Waals surface area (Å²) < 4.78 is 3.87. The van der Waals surface area contributed by atoms with Crippen LogP contribution in [-0.4, -0.2) is 24.4 Å². The molecule has 0 fully saturated rings. The van der Waals surface area contributed by atoms with Crippen molar-refractivity contribution in [2.75, 3.05) is 0 Å². The smallest absolute Gasteiger partial charge is 0.175 e. The molecule has 2 heterocycles. The van der Waals surface area contributed by atoms with Crippen LogP contribution in [0.2, 0.25) is 0 Å². The number of aromatic hydroxyl groups is 1. The van der Waals surface area contributed by atoms with Gasteiger partial charge in [-0.25, -0.2) is 9.67 Å². The molecule has 30 heavy (non-hydrogen) atoms. The van der Waals surface area contributed by atoms with Gasteiger partial charge in [0.25, 0.3) is 0 Å². The molecule has 0 bridgehead atoms. The standard InChI is InChI=1S/C25H20N4O/c1-28-17-18(20-11-5-7-13-22(20)28)15-16-24-26-25(21-12-6-8-14-23(21)30)29(27-24)19-9-3-2-4-10-19/h2-17,30H,1H3/b16-15+. The van der Waals surface area contributed by atoms with E-state index in [1.807, 2.05) is 73.8 Å². The lowest BCUT2D eigenvalue weighted by Crippen LogP contribution is -1.99. The molecule has 0 spiro atoms. The van der Waals surface area contributed by atoms with Crippen LogP contribution in [0, 0.1) is 0 Å². The SMILES string of the molecule is Cn1cc(/C=C/c2nc(-c3ccccc3O)n(-c3ccccc3)n2)c2ccccc21. The monoisotopic (exact) mass is 392 g/mol. The molecule has 0 amide bonds. The van der Waals surface area contributed by atoms with Gasteiger partial charge >= 0.3 is 0 Å². The van der Waals surface area contributed by atoms with Gasteiger partial charge in [-0.15, -0.1) is 5.10 Å². The van der Waals surface area contributed by atoms with Gasteiger partial charge in [0.2, 0.25) is 0 Å². The first-order valence-electron chi connectivity index (χ1n) is 9.74. The van der Waals surface area contributed by atoms with Crippen molar-refractivity contribution in [1.29, 1.82) is 0 Å². The van der Waals surface area contributed by atoms with Crippen LogP contribution in [0.1, 0.15) is 11.4 Å². The molecule has 1 N–H and O–H groups in total. The Hall–Kier alpha value is -4.12. The van der Waals surface area contributed by atoms with Crippen LogP contribution < -0.4 is 0 Å². The maximum atomic E-state index is 10.4. The van der Waals surface area contributed by atoms with E-state index in [4.69, 9.17) is 10.1 Å². The van der Waals surface area contributed by atoms with Gasteiger partial charge in [0, 0.05) is 29.7 Å². The zero-order valence-corrected chi connectivity index (χ0v) is 16.5. The topological polar surface area (TPSA) is 55.9 Å². The largest absolute Gasteiger partial charge is 0.507 e. The molecule has 0 radical (unpaired) electrons. The van der Waals surface area contributed by atoms with E-state index in [0.717, 1.165) is 11.3 Å². The molecule has 3 aromatic carbocycles. The molecule has 0 unspecified atom stereocenters. The average molecular weight is 392 g/mol. The second kappa shape index (κ2) is 7.37. The summed E-state index contributed by atoms with van der Waals surface area (Å²) in [6.07, 6.45) is 6.03. The Morgan fingerprint density at radius 3 is 2.40 bits per heavy atom. The lowest BCUT2D eigenvalue weighted by molar-refractivity contribution is 0.476. The molecule has 5 heteroatoms. The highest BCUT2D eigenvalue weighted by Crippen LogP contribution is 2.29. The summed E-state index contributed by atoms with van der Waals surface area (Å²) in [6, 6.07) is 25.3. The summed E-state index contributed by atoms with van der Waals surface area (Å²) in [5.41, 5.74) is 3.80. The van der Waals surface area contributed by atoms with Crippen LogP contribution >= 0.6 is 0 Å². The van der Waals surface area contributed by atoms with Crippen molar-refractivity contribution in [2.24, 2.45) is 7.05 Å². The zero-order chi connectivity index (χ0) is 20.5. The first-order valence-corrected chi connectivity index (χ1v) is 9.74. The Kier molecular flexibility index (Phi) is 4.41. The van der Waals surface area contributed by atoms with Crippen molar-refractivity contribution in [3.05, 3.63) is 96.4 Å². The van der Waals surface area contributed by atoms with Crippen LogP contribution in [-0.2, 0) is 7.05 Å². The van der Waals surface area contributed by atoms with Gasteiger partial charge < -0.3 is 9.67 Å². The van der Waals surface area contributed by atoms with E-state index in [-0.39, 0.29) is 5.75 Å². The average Bonchev–Trinajstić information content (AvgIpc) is 3.35. The fourth-order valence-corrected chi connectivity index (χ4v) is 3.66. The molecule has 5 rings (SSSR count). The highest BCUT2D eigenvalue weighted by atomic mass is 16.3. The molecule has 0 aliphatic heterocycles. The number of phenols is 1. The van der Waals surface area contributed by atoms with E-state index in [0.29, 0.717) is 17.2 Å². The van der Waals surface area contributed by atoms with Gasteiger partial charge in [0.05, 0.1) is 11.3 Å². The van der Waals surface area contributed by atoms with Crippen LogP contribution in [0.3, 0.4) is 0 Å². The second-order valence-corrected chi connectivity index (χ2v) is 7.10. The molecular weight excluding hydrogens is 372 g/mol. The molecule has 0 aliphatic carbocycles. The van der Waals surface area contributed by atoms with Crippen molar-refractivity contribution in [3.8, 4) is 22.8 Å². The van der Waals surface area contributed by atoms with Crippen molar-refractivity contribution in [3.63, 3.8) is 0 Å². The van der Waals surface area contributed by atoms with Crippen LogP contribution in [0.5, 0.6) is 5.75 Å². The van der Waals surface area contributed by atoms with E-state index in [1.54, 1.807) is 16.8 Å². The summed E-state index contributed by atoms with van der Waals surface area (Å²) in [4.78, 5) is 4.72. The Bertz CT molecular complexity index is 1360. The summed E-state index contributed by atoms with van der Waals surface area (Å²) in [5, 5.41) is 16.3. The van der Waals surface area contributed by atoms with Crippen molar-refractivity contribution in [1.82, 2.24) is 19.3 Å². The number of aryl methyl sites for hydroxylation is 1. The summed E-state index contributed by atoms with van der Waals surface area (Å²) in [7, 11) is 2.04. The number of hydrogen-bond acceptors (Lipinski definition) is 3. The van der Waals surface area contributed by atoms with Gasteiger partial charge in [-0.1, -0.05) is 48.5 Å². The predicted octanol–water partition coefficient (Wildman–Crippen LogP) is 5.30. The molecule has 0 aliphatic rings. The van der Waals surface area contributed by atoms with E-state index < -0.39 is 0 Å². The lowest BCUT2D eigenvalue weighted by Gasteiger charge is -2.06. The predicted molar refractivity (Wildman–Crippen MR) is 120 cm³/mol. The van der Waals surface area contributed by atoms with Crippen molar-refractivity contribution < 1.29 is 5.11 Å². The summed E-state index contributed by atoms with van der Waals surface area (Å²) in [5.74, 6) is 1.34. The van der Waals surface area contributed by atoms with Gasteiger partial charge in [-0.2, -0.15) is 0 Å². The minimum absolute atomic E-state index is 0.173. The summed E-state index contributed by atoms with van der Waals surface area (Å²) >= 11 is 0. The highest BCUT2D eigenvalue weighted by molar-refractivity contribution is 5.91. The molecule has 5 nitrogen and oxygen atoms in total. The summed E-state index contributed by atoms with van der Waals surface area (Å²) in [6.45, 7) is 0. The minimum Gasteiger partial charge on any atom is -0.507 e. The molecule has 0 saturated heterocycles. The van der Waals surface area contributed by atoms with Gasteiger partial charge in [0.15, 0.2) is 11.6 Å². The van der Waals surface area contributed by atoms with Crippen LogP contribution in [0.25, 0.3) is 40.1 Å². The third-order valence-corrected chi connectivity index (χ3v) is 5.11. The quantitative estimate of drug-likeness (QED) is 0.451. The number of benzene rings is 3. The first kappa shape index (κ1) is 17.9. The van der Waals surface area contributed by atoms with E-state index in [9.17, 15) is 5.11 Å². The Morgan fingerprint density at radius 1 is 0.833 bits per heavy atom. The number of phenolic OH excluding ortho intramolecular Hbond substituents is 1. The van der Waals surface area contributed by atoms with Crippen LogP contribution in [0.4, 0.5) is 0 Å². The van der Waals surface area contributed by atoms with Gasteiger partial charge in [-0.05, 0) is 42.5 Å². The molecule has 2 aromatic heterocycles. The maximum absolute atomic E-state index is 10.4. The first-order chi connectivity index (χ1) is 14.7. The van der Waals surface area contributed by atoms with E-state index in [1.165, 1.54) is 10.9 Å². The van der Waals surface area contributed by atoms with E-state index >= 15 is 0 Å². The Morgan fingerprint density at radius 2 is 1.57 bits per heavy atom. The number of para-hydroxylation sites is 3. The Labute approximate surface area is 174 Å². The molecule has 146 valence electrons. The number of rotatable bonds is 4. The van der Waals surface area contributed by atoms with Crippen molar-refractivity contribution in [2.45, 2.75) is 0 Å². The normalized spacial score (nSPS) is 11.5. The third-order valence-electron chi connectivity index (χ3n) is 5.11. The van der Waals surface area contributed by atoms with Crippen LogP contribution in [0.15, 0.2) is 85.1 Å².